The summed E-state index contributed by atoms with van der Waals surface area (Å²) in [5.74, 6) is 1.72. The Kier molecular flexibility index (Phi) is 6.35. The van der Waals surface area contributed by atoms with E-state index >= 15 is 0 Å². The Morgan fingerprint density at radius 2 is 2.03 bits per heavy atom. The Balaban J connectivity index is 1.58. The van der Waals surface area contributed by atoms with Crippen molar-refractivity contribution in [1.82, 2.24) is 19.8 Å². The number of fused-ring (bicyclic) bond motifs is 1. The minimum atomic E-state index is -0.0904. The maximum absolute atomic E-state index is 13.4. The Morgan fingerprint density at radius 1 is 1.24 bits per heavy atom. The normalized spacial score (nSPS) is 16.2. The second-order valence-corrected chi connectivity index (χ2v) is 8.87. The Morgan fingerprint density at radius 3 is 2.76 bits per heavy atom. The van der Waals surface area contributed by atoms with Crippen LogP contribution in [0.15, 0.2) is 28.7 Å². The van der Waals surface area contributed by atoms with Crippen LogP contribution >= 0.6 is 0 Å². The van der Waals surface area contributed by atoms with E-state index in [0.29, 0.717) is 37.0 Å². The predicted octanol–water partition coefficient (Wildman–Crippen LogP) is 3.88. The van der Waals surface area contributed by atoms with Crippen LogP contribution in [-0.2, 0) is 11.3 Å². The van der Waals surface area contributed by atoms with E-state index in [4.69, 9.17) is 9.40 Å². The van der Waals surface area contributed by atoms with E-state index in [1.54, 1.807) is 11.9 Å². The van der Waals surface area contributed by atoms with Crippen LogP contribution in [-0.4, -0.2) is 58.8 Å². The number of aryl methyl sites for hydroxylation is 2. The van der Waals surface area contributed by atoms with Crippen LogP contribution in [0, 0.1) is 13.8 Å². The molecular weight excluding hydrogens is 418 g/mol. The number of piperidine rings is 1. The lowest BCUT2D eigenvalue weighted by Gasteiger charge is -2.32. The van der Waals surface area contributed by atoms with Crippen molar-refractivity contribution >= 4 is 28.6 Å². The van der Waals surface area contributed by atoms with Crippen LogP contribution in [0.4, 0.5) is 5.82 Å². The second kappa shape index (κ2) is 9.21. The number of aromatic nitrogens is 2. The van der Waals surface area contributed by atoms with Crippen molar-refractivity contribution in [3.05, 3.63) is 52.7 Å². The highest BCUT2D eigenvalue weighted by atomic mass is 16.3. The van der Waals surface area contributed by atoms with E-state index in [0.717, 1.165) is 40.6 Å². The molecule has 174 valence electrons. The largest absolute Gasteiger partial charge is 0.451 e. The average Bonchev–Trinajstić information content (AvgIpc) is 3.14. The van der Waals surface area contributed by atoms with E-state index in [1.165, 1.54) is 6.92 Å². The van der Waals surface area contributed by atoms with Gasteiger partial charge in [0, 0.05) is 57.0 Å². The van der Waals surface area contributed by atoms with Crippen molar-refractivity contribution in [2.24, 2.45) is 0 Å². The molecule has 0 unspecified atom stereocenters. The van der Waals surface area contributed by atoms with Gasteiger partial charge in [-0.25, -0.2) is 9.97 Å². The summed E-state index contributed by atoms with van der Waals surface area (Å²) < 4.78 is 5.96. The van der Waals surface area contributed by atoms with Crippen LogP contribution in [0.3, 0.4) is 0 Å². The first-order chi connectivity index (χ1) is 15.8. The molecule has 0 bridgehead atoms. The van der Waals surface area contributed by atoms with Crippen LogP contribution < -0.4 is 5.32 Å². The molecule has 2 aromatic heterocycles. The first-order valence-corrected chi connectivity index (χ1v) is 11.3. The van der Waals surface area contributed by atoms with Crippen LogP contribution in [0.1, 0.15) is 58.9 Å². The summed E-state index contributed by atoms with van der Waals surface area (Å²) in [6.45, 7) is 7.13. The van der Waals surface area contributed by atoms with Gasteiger partial charge in [0.25, 0.3) is 5.91 Å². The molecule has 3 heterocycles. The third-order valence-corrected chi connectivity index (χ3v) is 6.35. The van der Waals surface area contributed by atoms with E-state index in [-0.39, 0.29) is 17.7 Å². The van der Waals surface area contributed by atoms with Gasteiger partial charge in [-0.05, 0) is 38.8 Å². The zero-order valence-corrected chi connectivity index (χ0v) is 19.9. The number of anilines is 1. The van der Waals surface area contributed by atoms with Gasteiger partial charge in [-0.15, -0.1) is 0 Å². The lowest BCUT2D eigenvalue weighted by molar-refractivity contribution is -0.128. The van der Waals surface area contributed by atoms with Gasteiger partial charge < -0.3 is 19.5 Å². The number of carbonyl (C=O) groups is 2. The van der Waals surface area contributed by atoms with Gasteiger partial charge in [0.2, 0.25) is 5.91 Å². The van der Waals surface area contributed by atoms with Crippen LogP contribution in [0.2, 0.25) is 0 Å². The van der Waals surface area contributed by atoms with Crippen molar-refractivity contribution in [2.75, 3.05) is 32.5 Å². The van der Waals surface area contributed by atoms with Gasteiger partial charge in [0.15, 0.2) is 5.76 Å². The minimum absolute atomic E-state index is 0.0179. The summed E-state index contributed by atoms with van der Waals surface area (Å²) in [5.41, 5.74) is 3.52. The zero-order chi connectivity index (χ0) is 23.7. The molecule has 1 aliphatic heterocycles. The highest BCUT2D eigenvalue weighted by Crippen LogP contribution is 2.30. The fourth-order valence-corrected chi connectivity index (χ4v) is 4.32. The number of rotatable bonds is 5. The fraction of sp³-hybridized carbons (Fsp3) is 0.440. The van der Waals surface area contributed by atoms with E-state index in [9.17, 15) is 9.59 Å². The molecule has 1 saturated heterocycles. The van der Waals surface area contributed by atoms with Gasteiger partial charge in [0.05, 0.1) is 12.2 Å². The van der Waals surface area contributed by atoms with Gasteiger partial charge in [-0.2, -0.15) is 0 Å². The first kappa shape index (κ1) is 22.8. The lowest BCUT2D eigenvalue weighted by atomic mass is 9.96. The minimum Gasteiger partial charge on any atom is -0.451 e. The first-order valence-electron chi connectivity index (χ1n) is 11.3. The van der Waals surface area contributed by atoms with Crippen molar-refractivity contribution in [1.29, 1.82) is 0 Å². The molecule has 0 radical (unpaired) electrons. The van der Waals surface area contributed by atoms with E-state index in [2.05, 4.69) is 16.4 Å². The lowest BCUT2D eigenvalue weighted by Crippen LogP contribution is -2.39. The summed E-state index contributed by atoms with van der Waals surface area (Å²) in [7, 11) is 3.56. The number of likely N-dealkylation sites (tertiary alicyclic amines) is 1. The van der Waals surface area contributed by atoms with Crippen LogP contribution in [0.5, 0.6) is 0 Å². The molecule has 1 fully saturated rings. The third kappa shape index (κ3) is 4.69. The molecule has 1 aromatic carbocycles. The Labute approximate surface area is 194 Å². The number of amides is 2. The summed E-state index contributed by atoms with van der Waals surface area (Å²) in [5, 5.41) is 4.07. The maximum atomic E-state index is 13.4. The molecule has 2 amide bonds. The number of carbonyl (C=O) groups excluding carboxylic acids is 2. The maximum Gasteiger partial charge on any atom is 0.289 e. The summed E-state index contributed by atoms with van der Waals surface area (Å²) in [4.78, 5) is 38.0. The Bertz CT molecular complexity index is 1200. The molecule has 4 rings (SSSR count). The molecule has 3 aromatic rings. The second-order valence-electron chi connectivity index (χ2n) is 8.87. The number of nitrogens with one attached hydrogen (secondary N) is 1. The van der Waals surface area contributed by atoms with Crippen molar-refractivity contribution in [3.8, 4) is 0 Å². The van der Waals surface area contributed by atoms with Crippen LogP contribution in [0.25, 0.3) is 11.0 Å². The van der Waals surface area contributed by atoms with Gasteiger partial charge >= 0.3 is 0 Å². The highest BCUT2D eigenvalue weighted by molar-refractivity contribution is 5.99. The SMILES string of the molecule is CNc1cc(CN(C)C(C)=O)nc([C@H]2CCCN(C(=O)c3oc4ccc(C)cc4c3C)C2)n1. The molecule has 33 heavy (non-hydrogen) atoms. The van der Waals surface area contributed by atoms with Crippen molar-refractivity contribution in [3.63, 3.8) is 0 Å². The molecule has 8 nitrogen and oxygen atoms in total. The molecule has 1 atom stereocenters. The van der Waals surface area contributed by atoms with E-state index < -0.39 is 0 Å². The smallest absolute Gasteiger partial charge is 0.289 e. The van der Waals surface area contributed by atoms with Crippen molar-refractivity contribution < 1.29 is 14.0 Å². The summed E-state index contributed by atoms with van der Waals surface area (Å²) in [6.07, 6.45) is 1.77. The van der Waals surface area contributed by atoms with E-state index in [1.807, 2.05) is 44.0 Å². The third-order valence-electron chi connectivity index (χ3n) is 6.35. The standard InChI is InChI=1S/C25H31N5O3/c1-15-8-9-21-20(11-15)16(2)23(33-21)25(32)30-10-6-7-18(13-30)24-27-19(12-22(26-4)28-24)14-29(5)17(3)31/h8-9,11-12,18H,6-7,10,13-14H2,1-5H3,(H,26,27,28)/t18-/m0/s1. The summed E-state index contributed by atoms with van der Waals surface area (Å²) >= 11 is 0. The number of benzene rings is 1. The van der Waals surface area contributed by atoms with Gasteiger partial charge in [-0.3, -0.25) is 9.59 Å². The zero-order valence-electron chi connectivity index (χ0n) is 19.9. The molecule has 1 N–H and O–H groups in total. The molecule has 8 heteroatoms. The molecule has 0 spiro atoms. The fourth-order valence-electron chi connectivity index (χ4n) is 4.32. The number of hydrogen-bond donors (Lipinski definition) is 1. The van der Waals surface area contributed by atoms with Gasteiger partial charge in [0.1, 0.15) is 17.2 Å². The monoisotopic (exact) mass is 449 g/mol. The molecule has 0 aliphatic carbocycles. The molecule has 1 aliphatic rings. The summed E-state index contributed by atoms with van der Waals surface area (Å²) in [6, 6.07) is 7.82. The number of furan rings is 1. The van der Waals surface area contributed by atoms with Gasteiger partial charge in [-0.1, -0.05) is 11.6 Å². The average molecular weight is 450 g/mol. The predicted molar refractivity (Wildman–Crippen MR) is 127 cm³/mol. The Hall–Kier alpha value is -3.42. The topological polar surface area (TPSA) is 91.6 Å². The molecule has 0 saturated carbocycles. The van der Waals surface area contributed by atoms with Crippen molar-refractivity contribution in [2.45, 2.75) is 46.1 Å². The number of nitrogens with zero attached hydrogens (tertiary/aromatic N) is 4. The quantitative estimate of drug-likeness (QED) is 0.636. The molecular formula is C25H31N5O3. The number of hydrogen-bond acceptors (Lipinski definition) is 6. The highest BCUT2D eigenvalue weighted by Gasteiger charge is 2.30.